The summed E-state index contributed by atoms with van der Waals surface area (Å²) in [6, 6.07) is 16.2. The second kappa shape index (κ2) is 6.44. The first-order valence-corrected chi connectivity index (χ1v) is 7.54. The third-order valence-electron chi connectivity index (χ3n) is 3.30. The Morgan fingerprint density at radius 3 is 2.43 bits per heavy atom. The third kappa shape index (κ3) is 3.23. The lowest BCUT2D eigenvalue weighted by Gasteiger charge is -2.08. The van der Waals surface area contributed by atoms with Gasteiger partial charge in [0, 0.05) is 15.6 Å². The van der Waals surface area contributed by atoms with Crippen LogP contribution < -0.4 is 0 Å². The first-order chi connectivity index (χ1) is 11.1. The molecule has 0 spiro atoms. The lowest BCUT2D eigenvalue weighted by molar-refractivity contribution is 0.0593. The van der Waals surface area contributed by atoms with Gasteiger partial charge in [0.15, 0.2) is 5.69 Å². The Morgan fingerprint density at radius 2 is 1.78 bits per heavy atom. The first kappa shape index (κ1) is 15.6. The maximum absolute atomic E-state index is 11.8. The lowest BCUT2D eigenvalue weighted by Crippen LogP contribution is -2.04. The number of benzene rings is 2. The summed E-state index contributed by atoms with van der Waals surface area (Å²) in [5.74, 6) is -0.499. The van der Waals surface area contributed by atoms with Crippen LogP contribution in [0.15, 0.2) is 54.6 Å². The lowest BCUT2D eigenvalue weighted by atomic mass is 10.1. The number of carbonyl (C=O) groups excluding carboxylic acids is 1. The summed E-state index contributed by atoms with van der Waals surface area (Å²) >= 11 is 12.0. The molecule has 0 saturated heterocycles. The Balaban J connectivity index is 2.18. The minimum Gasteiger partial charge on any atom is -0.464 e. The van der Waals surface area contributed by atoms with Crippen LogP contribution in [0, 0.1) is 0 Å². The van der Waals surface area contributed by atoms with Crippen molar-refractivity contribution in [2.24, 2.45) is 0 Å². The van der Waals surface area contributed by atoms with Gasteiger partial charge in [-0.2, -0.15) is 5.10 Å². The number of hydrogen-bond donors (Lipinski definition) is 0. The van der Waals surface area contributed by atoms with E-state index in [-0.39, 0.29) is 5.69 Å². The Hall–Kier alpha value is -2.30. The Bertz CT molecular complexity index is 857. The first-order valence-electron chi connectivity index (χ1n) is 6.79. The Labute approximate surface area is 143 Å². The van der Waals surface area contributed by atoms with Crippen molar-refractivity contribution in [2.45, 2.75) is 0 Å². The molecule has 116 valence electrons. The molecule has 0 aliphatic heterocycles. The molecule has 23 heavy (non-hydrogen) atoms. The van der Waals surface area contributed by atoms with Crippen molar-refractivity contribution in [3.05, 3.63) is 70.3 Å². The van der Waals surface area contributed by atoms with Crippen LogP contribution in [-0.4, -0.2) is 22.9 Å². The molecule has 0 N–H and O–H groups in total. The summed E-state index contributed by atoms with van der Waals surface area (Å²) in [6.07, 6.45) is 0. The van der Waals surface area contributed by atoms with Crippen molar-refractivity contribution in [2.75, 3.05) is 7.11 Å². The quantitative estimate of drug-likeness (QED) is 0.649. The zero-order chi connectivity index (χ0) is 16.4. The summed E-state index contributed by atoms with van der Waals surface area (Å²) in [7, 11) is 1.32. The van der Waals surface area contributed by atoms with E-state index in [1.54, 1.807) is 35.0 Å². The normalized spacial score (nSPS) is 10.6. The highest BCUT2D eigenvalue weighted by atomic mass is 35.5. The van der Waals surface area contributed by atoms with Crippen LogP contribution in [0.5, 0.6) is 0 Å². The Morgan fingerprint density at radius 1 is 1.04 bits per heavy atom. The minimum absolute atomic E-state index is 0.220. The van der Waals surface area contributed by atoms with Gasteiger partial charge in [-0.15, -0.1) is 0 Å². The van der Waals surface area contributed by atoms with E-state index in [4.69, 9.17) is 27.9 Å². The van der Waals surface area contributed by atoms with Crippen molar-refractivity contribution in [3.8, 4) is 16.9 Å². The monoisotopic (exact) mass is 346 g/mol. The largest absolute Gasteiger partial charge is 0.464 e. The van der Waals surface area contributed by atoms with Gasteiger partial charge in [0.25, 0.3) is 0 Å². The van der Waals surface area contributed by atoms with E-state index in [9.17, 15) is 4.79 Å². The van der Waals surface area contributed by atoms with E-state index >= 15 is 0 Å². The highest BCUT2D eigenvalue weighted by molar-refractivity contribution is 6.31. The average molecular weight is 347 g/mol. The van der Waals surface area contributed by atoms with Gasteiger partial charge in [-0.05, 0) is 36.4 Å². The summed E-state index contributed by atoms with van der Waals surface area (Å²) < 4.78 is 6.41. The van der Waals surface area contributed by atoms with Gasteiger partial charge < -0.3 is 4.74 Å². The van der Waals surface area contributed by atoms with Crippen LogP contribution >= 0.6 is 23.2 Å². The van der Waals surface area contributed by atoms with Gasteiger partial charge in [0.05, 0.1) is 18.5 Å². The van der Waals surface area contributed by atoms with Crippen LogP contribution in [0.3, 0.4) is 0 Å². The Kier molecular flexibility index (Phi) is 4.37. The second-order valence-electron chi connectivity index (χ2n) is 4.80. The molecule has 2 aromatic carbocycles. The molecule has 0 aliphatic rings. The molecule has 4 nitrogen and oxygen atoms in total. The molecule has 3 aromatic rings. The molecule has 0 fully saturated rings. The van der Waals surface area contributed by atoms with Crippen LogP contribution in [0.4, 0.5) is 0 Å². The van der Waals surface area contributed by atoms with Gasteiger partial charge >= 0.3 is 5.97 Å². The van der Waals surface area contributed by atoms with Crippen molar-refractivity contribution in [1.82, 2.24) is 9.78 Å². The zero-order valence-electron chi connectivity index (χ0n) is 12.2. The smallest absolute Gasteiger partial charge is 0.358 e. The molecule has 6 heteroatoms. The fraction of sp³-hybridized carbons (Fsp3) is 0.0588. The van der Waals surface area contributed by atoms with Crippen molar-refractivity contribution < 1.29 is 9.53 Å². The number of carbonyl (C=O) groups is 1. The fourth-order valence-electron chi connectivity index (χ4n) is 2.22. The predicted molar refractivity (Wildman–Crippen MR) is 90.4 cm³/mol. The molecule has 1 aromatic heterocycles. The summed E-state index contributed by atoms with van der Waals surface area (Å²) in [6.45, 7) is 0. The van der Waals surface area contributed by atoms with Crippen LogP contribution in [0.1, 0.15) is 10.5 Å². The topological polar surface area (TPSA) is 44.1 Å². The zero-order valence-corrected chi connectivity index (χ0v) is 13.7. The minimum atomic E-state index is -0.499. The van der Waals surface area contributed by atoms with E-state index < -0.39 is 5.97 Å². The molecular formula is C17H12Cl2N2O2. The van der Waals surface area contributed by atoms with Crippen LogP contribution in [0.2, 0.25) is 10.0 Å². The van der Waals surface area contributed by atoms with Gasteiger partial charge in [-0.1, -0.05) is 41.4 Å². The van der Waals surface area contributed by atoms with Crippen LogP contribution in [-0.2, 0) is 4.74 Å². The van der Waals surface area contributed by atoms with Gasteiger partial charge in [0.2, 0.25) is 0 Å². The number of methoxy groups -OCH3 is 1. The molecule has 0 aliphatic carbocycles. The highest BCUT2D eigenvalue weighted by Gasteiger charge is 2.17. The molecule has 0 unspecified atom stereocenters. The second-order valence-corrected chi connectivity index (χ2v) is 5.68. The molecule has 0 radical (unpaired) electrons. The van der Waals surface area contributed by atoms with Crippen molar-refractivity contribution in [3.63, 3.8) is 0 Å². The van der Waals surface area contributed by atoms with Gasteiger partial charge in [-0.3, -0.25) is 0 Å². The fourth-order valence-corrected chi connectivity index (χ4v) is 2.53. The van der Waals surface area contributed by atoms with Gasteiger partial charge in [0.1, 0.15) is 0 Å². The van der Waals surface area contributed by atoms with E-state index in [1.165, 1.54) is 7.11 Å². The maximum Gasteiger partial charge on any atom is 0.358 e. The summed E-state index contributed by atoms with van der Waals surface area (Å²) in [5, 5.41) is 5.56. The number of rotatable bonds is 3. The van der Waals surface area contributed by atoms with E-state index in [2.05, 4.69) is 5.10 Å². The molecule has 0 saturated carbocycles. The number of nitrogens with zero attached hydrogens (tertiary/aromatic N) is 2. The number of ether oxygens (including phenoxy) is 1. The molecule has 0 atom stereocenters. The SMILES string of the molecule is COC(=O)c1cc(-c2ccc(Cl)cc2)n(-c2cccc(Cl)c2)n1. The summed E-state index contributed by atoms with van der Waals surface area (Å²) in [5.41, 5.74) is 2.58. The highest BCUT2D eigenvalue weighted by Crippen LogP contribution is 2.26. The number of hydrogen-bond acceptors (Lipinski definition) is 3. The maximum atomic E-state index is 11.8. The van der Waals surface area contributed by atoms with Crippen molar-refractivity contribution in [1.29, 1.82) is 0 Å². The summed E-state index contributed by atoms with van der Waals surface area (Å²) in [4.78, 5) is 11.8. The molecule has 1 heterocycles. The average Bonchev–Trinajstić information content (AvgIpc) is 3.00. The van der Waals surface area contributed by atoms with E-state index in [0.29, 0.717) is 10.0 Å². The molecular weight excluding hydrogens is 335 g/mol. The number of esters is 1. The van der Waals surface area contributed by atoms with E-state index in [0.717, 1.165) is 16.9 Å². The molecule has 3 rings (SSSR count). The molecule has 0 amide bonds. The standard InChI is InChI=1S/C17H12Cl2N2O2/c1-23-17(22)15-10-16(11-5-7-12(18)8-6-11)21(20-15)14-4-2-3-13(19)9-14/h2-10H,1H3. The molecule has 0 bridgehead atoms. The van der Waals surface area contributed by atoms with Crippen LogP contribution in [0.25, 0.3) is 16.9 Å². The predicted octanol–water partition coefficient (Wildman–Crippen LogP) is 4.63. The third-order valence-corrected chi connectivity index (χ3v) is 3.78. The van der Waals surface area contributed by atoms with E-state index in [1.807, 2.05) is 24.3 Å². The van der Waals surface area contributed by atoms with Crippen molar-refractivity contribution >= 4 is 29.2 Å². The number of aromatic nitrogens is 2. The van der Waals surface area contributed by atoms with Gasteiger partial charge in [-0.25, -0.2) is 9.48 Å². The number of halogens is 2.